The molecule has 0 spiro atoms. The van der Waals surface area contributed by atoms with Crippen molar-refractivity contribution >= 4 is 40.0 Å². The number of amides is 3. The van der Waals surface area contributed by atoms with Crippen molar-refractivity contribution in [2.45, 2.75) is 129 Å². The van der Waals surface area contributed by atoms with Gasteiger partial charge in [-0.05, 0) is 88.5 Å². The summed E-state index contributed by atoms with van der Waals surface area (Å²) in [5.74, 6) is -2.80. The first kappa shape index (κ1) is 53.5. The quantitative estimate of drug-likeness (QED) is 0.0527. The van der Waals surface area contributed by atoms with E-state index in [0.717, 1.165) is 44.6 Å². The van der Waals surface area contributed by atoms with E-state index >= 15 is 13.2 Å². The number of alkyl halides is 1. The number of likely N-dealkylation sites (tertiary alicyclic amines) is 1. The first-order valence-corrected chi connectivity index (χ1v) is 25.5. The number of nitrogens with zero attached hydrogens (tertiary/aromatic N) is 3. The number of para-hydroxylation sites is 1. The van der Waals surface area contributed by atoms with Crippen molar-refractivity contribution < 1.29 is 46.9 Å². The molecule has 1 saturated heterocycles. The molecule has 384 valence electrons. The van der Waals surface area contributed by atoms with E-state index in [0.29, 0.717) is 31.6 Å². The third-order valence-corrected chi connectivity index (χ3v) is 14.2. The molecule has 6 atom stereocenters. The van der Waals surface area contributed by atoms with Gasteiger partial charge in [-0.25, -0.2) is 18.2 Å². The van der Waals surface area contributed by atoms with Crippen LogP contribution in [0.3, 0.4) is 0 Å². The predicted octanol–water partition coefficient (Wildman–Crippen LogP) is 8.91. The number of carbonyl (C=O) groups is 3. The van der Waals surface area contributed by atoms with Crippen molar-refractivity contribution in [1.29, 1.82) is 0 Å². The number of rotatable bonds is 21. The van der Waals surface area contributed by atoms with Gasteiger partial charge < -0.3 is 39.8 Å². The Hall–Kier alpha value is -5.33. The zero-order chi connectivity index (χ0) is 51.2. The fourth-order valence-electron chi connectivity index (χ4n) is 9.68. The molecule has 2 aromatic heterocycles. The van der Waals surface area contributed by atoms with Crippen LogP contribution in [0.15, 0.2) is 66.2 Å². The number of halogens is 3. The van der Waals surface area contributed by atoms with E-state index in [9.17, 15) is 19.5 Å². The maximum Gasteiger partial charge on any atom is 0.246 e. The molecule has 2 aliphatic rings. The number of benzene rings is 3. The van der Waals surface area contributed by atoms with Crippen molar-refractivity contribution in [3.63, 3.8) is 0 Å². The molecule has 3 amide bonds. The van der Waals surface area contributed by atoms with Crippen LogP contribution in [-0.2, 0) is 30.3 Å². The van der Waals surface area contributed by atoms with Crippen LogP contribution in [0.25, 0.3) is 21.3 Å². The van der Waals surface area contributed by atoms with E-state index in [-0.39, 0.29) is 75.2 Å². The Kier molecular flexibility index (Phi) is 17.4. The zero-order valence-electron chi connectivity index (χ0n) is 42.1. The molecule has 1 fully saturated rings. The maximum atomic E-state index is 16.0. The molecular formula is C54H69F3N6O7S. The molecule has 0 bridgehead atoms. The normalized spacial score (nSPS) is 19.4. The molecule has 7 rings (SSSR count). The number of ether oxygens (including phenoxy) is 3. The monoisotopic (exact) mass is 1000 g/mol. The number of aryl methyl sites for hydroxylation is 1. The summed E-state index contributed by atoms with van der Waals surface area (Å²) in [6.07, 6.45) is 1.82. The molecule has 0 radical (unpaired) electrons. The van der Waals surface area contributed by atoms with Crippen LogP contribution >= 0.6 is 11.3 Å². The lowest BCUT2D eigenvalue weighted by Crippen LogP contribution is -2.58. The number of H-pyrrole nitrogens is 1. The third kappa shape index (κ3) is 13.2. The standard InChI is InChI=1S/C54H69F3N6O7S/c1-32-24-40-39-14-10-11-15-43(39)60-47(40)48(63(32)30-54(7,8)57)46-41(55)26-38(27-42(46)56)70-21-13-9-12-20-68-22-23-69-29-45(65)61-50(53(4,5)6)52(67)62-28-37(64)25-44(62)51(66)59-33(2)35-16-18-36(19-17-35)49-34(3)58-31-71-49/h10-11,14-19,26-27,31-33,37,44,48,50,60,64H,9,12-13,20-25,28-30H2,1-8H3,(H,59,66)(H,61,65)/t32-,33+,37-,44+,48-,50?/m1/s1. The van der Waals surface area contributed by atoms with Gasteiger partial charge in [0.1, 0.15) is 41.7 Å². The van der Waals surface area contributed by atoms with Gasteiger partial charge in [0.05, 0.1) is 54.1 Å². The minimum absolute atomic E-state index is 0.00904. The molecule has 5 aromatic rings. The van der Waals surface area contributed by atoms with Crippen molar-refractivity contribution in [1.82, 2.24) is 30.4 Å². The Bertz CT molecular complexity index is 2600. The van der Waals surface area contributed by atoms with Crippen LogP contribution < -0.4 is 15.4 Å². The summed E-state index contributed by atoms with van der Waals surface area (Å²) in [6.45, 7) is 14.8. The summed E-state index contributed by atoms with van der Waals surface area (Å²) >= 11 is 1.56. The molecule has 4 heterocycles. The lowest BCUT2D eigenvalue weighted by atomic mass is 9.85. The molecule has 0 aliphatic carbocycles. The Morgan fingerprint density at radius 2 is 1.63 bits per heavy atom. The first-order valence-electron chi connectivity index (χ1n) is 24.6. The lowest BCUT2D eigenvalue weighted by molar-refractivity contribution is -0.144. The number of hydrogen-bond acceptors (Lipinski definition) is 10. The molecular weight excluding hydrogens is 934 g/mol. The van der Waals surface area contributed by atoms with Gasteiger partial charge in [0.2, 0.25) is 17.7 Å². The highest BCUT2D eigenvalue weighted by Gasteiger charge is 2.45. The van der Waals surface area contributed by atoms with Crippen LogP contribution in [-0.4, -0.2) is 119 Å². The number of hydrogen-bond donors (Lipinski definition) is 4. The highest BCUT2D eigenvalue weighted by Crippen LogP contribution is 2.44. The number of unbranched alkanes of at least 4 members (excludes halogenated alkanes) is 2. The van der Waals surface area contributed by atoms with Crippen LogP contribution in [0.2, 0.25) is 0 Å². The third-order valence-electron chi connectivity index (χ3n) is 13.3. The highest BCUT2D eigenvalue weighted by atomic mass is 32.1. The number of aliphatic hydroxyl groups excluding tert-OH is 1. The highest BCUT2D eigenvalue weighted by molar-refractivity contribution is 7.13. The van der Waals surface area contributed by atoms with Gasteiger partial charge in [-0.2, -0.15) is 0 Å². The van der Waals surface area contributed by atoms with Gasteiger partial charge in [0.15, 0.2) is 0 Å². The second-order valence-corrected chi connectivity index (χ2v) is 21.5. The molecule has 71 heavy (non-hydrogen) atoms. The number of thiazole rings is 1. The minimum atomic E-state index is -1.60. The van der Waals surface area contributed by atoms with Crippen molar-refractivity contribution in [2.75, 3.05) is 46.1 Å². The smallest absolute Gasteiger partial charge is 0.246 e. The van der Waals surface area contributed by atoms with Crippen molar-refractivity contribution in [3.8, 4) is 16.2 Å². The van der Waals surface area contributed by atoms with Gasteiger partial charge in [0.25, 0.3) is 0 Å². The van der Waals surface area contributed by atoms with E-state index in [4.69, 9.17) is 14.2 Å². The number of fused-ring (bicyclic) bond motifs is 3. The summed E-state index contributed by atoms with van der Waals surface area (Å²) in [7, 11) is 0. The minimum Gasteiger partial charge on any atom is -0.493 e. The van der Waals surface area contributed by atoms with Crippen molar-refractivity contribution in [3.05, 3.63) is 106 Å². The SMILES string of the molecule is Cc1ncsc1-c1ccc([C@H](C)NC(=O)[C@@H]2C[C@@H](O)CN2C(=O)C(NC(=O)COCCOCCCCCOc2cc(F)c([C@@H]3c4[nH]c5ccccc5c4C[C@@H](C)N3CC(C)(C)F)c(F)c2)C(C)(C)C)cc1. The summed E-state index contributed by atoms with van der Waals surface area (Å²) in [5, 5.41) is 17.4. The molecule has 1 unspecified atom stereocenters. The average Bonchev–Trinajstić information content (AvgIpc) is 4.03. The zero-order valence-corrected chi connectivity index (χ0v) is 42.9. The molecule has 2 aliphatic heterocycles. The fourth-order valence-corrected chi connectivity index (χ4v) is 10.5. The van der Waals surface area contributed by atoms with Gasteiger partial charge in [-0.15, -0.1) is 11.3 Å². The van der Waals surface area contributed by atoms with Crippen LogP contribution in [0.1, 0.15) is 114 Å². The first-order chi connectivity index (χ1) is 33.7. The number of aromatic nitrogens is 2. The second kappa shape index (κ2) is 23.0. The van der Waals surface area contributed by atoms with E-state index in [2.05, 4.69) is 20.6 Å². The fraction of sp³-hybridized carbons (Fsp3) is 0.519. The van der Waals surface area contributed by atoms with Crippen LogP contribution in [0, 0.1) is 24.0 Å². The van der Waals surface area contributed by atoms with Gasteiger partial charge >= 0.3 is 0 Å². The average molecular weight is 1000 g/mol. The molecule has 3 aromatic carbocycles. The largest absolute Gasteiger partial charge is 0.493 e. The predicted molar refractivity (Wildman–Crippen MR) is 269 cm³/mol. The maximum absolute atomic E-state index is 16.0. The van der Waals surface area contributed by atoms with Crippen LogP contribution in [0.5, 0.6) is 5.75 Å². The summed E-state index contributed by atoms with van der Waals surface area (Å²) < 4.78 is 64.3. The van der Waals surface area contributed by atoms with Crippen molar-refractivity contribution in [2.24, 2.45) is 5.41 Å². The Labute approximate surface area is 418 Å². The molecule has 0 saturated carbocycles. The Morgan fingerprint density at radius 1 is 0.944 bits per heavy atom. The molecule has 4 N–H and O–H groups in total. The van der Waals surface area contributed by atoms with E-state index in [1.807, 2.05) is 95.0 Å². The number of carbonyl (C=O) groups excluding carboxylic acids is 3. The lowest BCUT2D eigenvalue weighted by Gasteiger charge is -2.43. The Balaban J connectivity index is 0.815. The summed E-state index contributed by atoms with van der Waals surface area (Å²) in [5.41, 5.74) is 4.72. The van der Waals surface area contributed by atoms with E-state index < -0.39 is 58.8 Å². The van der Waals surface area contributed by atoms with Gasteiger partial charge in [-0.3, -0.25) is 19.3 Å². The number of aromatic amines is 1. The summed E-state index contributed by atoms with van der Waals surface area (Å²) in [4.78, 5) is 52.8. The second-order valence-electron chi connectivity index (χ2n) is 20.7. The number of β-amino-alcohol motifs (C(OH)–C–C–N with tert-alkyl or cyclic N) is 1. The van der Waals surface area contributed by atoms with E-state index in [1.54, 1.807) is 16.8 Å². The molecule has 17 heteroatoms. The van der Waals surface area contributed by atoms with E-state index in [1.165, 1.54) is 30.9 Å². The topological polar surface area (TPSA) is 158 Å². The Morgan fingerprint density at radius 3 is 2.31 bits per heavy atom. The number of aliphatic hydroxyl groups is 1. The summed E-state index contributed by atoms with van der Waals surface area (Å²) in [6, 6.07) is 14.7. The molecule has 13 nitrogen and oxygen atoms in total. The van der Waals surface area contributed by atoms with Gasteiger partial charge in [0, 0.05) is 66.5 Å². The van der Waals surface area contributed by atoms with Crippen LogP contribution in [0.4, 0.5) is 13.2 Å². The number of nitrogens with one attached hydrogen (secondary N) is 3. The van der Waals surface area contributed by atoms with Gasteiger partial charge in [-0.1, -0.05) is 63.2 Å².